The van der Waals surface area contributed by atoms with Gasteiger partial charge in [0, 0.05) is 24.5 Å². The number of fused-ring (bicyclic) bond motifs is 2. The number of anilines is 2. The number of carbonyl (C=O) groups is 1. The normalized spacial score (nSPS) is 23.7. The minimum atomic E-state index is -0.127. The minimum absolute atomic E-state index is 0.127. The van der Waals surface area contributed by atoms with E-state index in [9.17, 15) is 4.79 Å². The largest absolute Gasteiger partial charge is 0.449 e. The van der Waals surface area contributed by atoms with Crippen molar-refractivity contribution in [2.24, 2.45) is 0 Å². The monoisotopic (exact) mass is 303 g/mol. The van der Waals surface area contributed by atoms with Crippen LogP contribution in [0, 0.1) is 0 Å². The topological polar surface area (TPSA) is 58.8 Å². The van der Waals surface area contributed by atoms with Crippen LogP contribution in [-0.2, 0) is 4.74 Å². The lowest BCUT2D eigenvalue weighted by Crippen LogP contribution is -2.56. The van der Waals surface area contributed by atoms with E-state index in [4.69, 9.17) is 10.5 Å². The van der Waals surface area contributed by atoms with Crippen molar-refractivity contribution in [2.75, 3.05) is 30.3 Å². The molecule has 2 fully saturated rings. The Morgan fingerprint density at radius 3 is 2.45 bits per heavy atom. The lowest BCUT2D eigenvalue weighted by molar-refractivity contribution is 0.0777. The molecule has 22 heavy (non-hydrogen) atoms. The molecule has 2 N–H and O–H groups in total. The number of ether oxygens (including phenoxy) is 1. The predicted octanol–water partition coefficient (Wildman–Crippen LogP) is 2.86. The summed E-state index contributed by atoms with van der Waals surface area (Å²) in [5.74, 6) is 0. The molecule has 0 aliphatic carbocycles. The summed E-state index contributed by atoms with van der Waals surface area (Å²) < 4.78 is 5.41. The van der Waals surface area contributed by atoms with E-state index in [0.717, 1.165) is 44.5 Å². The van der Waals surface area contributed by atoms with Gasteiger partial charge in [-0.2, -0.15) is 0 Å². The van der Waals surface area contributed by atoms with Gasteiger partial charge in [0.1, 0.15) is 0 Å². The molecule has 0 saturated carbocycles. The number of amides is 1. The van der Waals surface area contributed by atoms with E-state index in [1.165, 1.54) is 5.69 Å². The second kappa shape index (κ2) is 6.46. The van der Waals surface area contributed by atoms with Crippen molar-refractivity contribution in [3.63, 3.8) is 0 Å². The number of benzene rings is 1. The third-order valence-corrected chi connectivity index (χ3v) is 4.67. The number of nitrogen functional groups attached to an aromatic ring is 1. The average Bonchev–Trinajstić information content (AvgIpc) is 2.78. The molecule has 5 nitrogen and oxygen atoms in total. The van der Waals surface area contributed by atoms with E-state index >= 15 is 0 Å². The third kappa shape index (κ3) is 2.98. The van der Waals surface area contributed by atoms with Gasteiger partial charge in [0.05, 0.1) is 18.7 Å². The molecule has 3 rings (SSSR count). The Kier molecular flexibility index (Phi) is 4.41. The van der Waals surface area contributed by atoms with Crippen LogP contribution in [0.5, 0.6) is 0 Å². The summed E-state index contributed by atoms with van der Waals surface area (Å²) in [6, 6.07) is 8.52. The molecule has 2 saturated heterocycles. The Morgan fingerprint density at radius 2 is 1.86 bits per heavy atom. The summed E-state index contributed by atoms with van der Waals surface area (Å²) in [7, 11) is 0. The van der Waals surface area contributed by atoms with Crippen molar-refractivity contribution in [3.8, 4) is 0 Å². The first-order valence-corrected chi connectivity index (χ1v) is 8.24. The fourth-order valence-electron chi connectivity index (χ4n) is 3.48. The quantitative estimate of drug-likeness (QED) is 0.686. The van der Waals surface area contributed by atoms with Gasteiger partial charge in [0.2, 0.25) is 0 Å². The molecular formula is C17H25N3O2. The van der Waals surface area contributed by atoms with E-state index in [0.29, 0.717) is 6.61 Å². The van der Waals surface area contributed by atoms with Gasteiger partial charge in [-0.05, 0) is 43.5 Å². The summed E-state index contributed by atoms with van der Waals surface area (Å²) in [6.07, 6.45) is 3.99. The van der Waals surface area contributed by atoms with Crippen LogP contribution in [0.15, 0.2) is 24.3 Å². The summed E-state index contributed by atoms with van der Waals surface area (Å²) in [5.41, 5.74) is 7.72. The van der Waals surface area contributed by atoms with Crippen molar-refractivity contribution >= 4 is 17.5 Å². The maximum atomic E-state index is 12.3. The van der Waals surface area contributed by atoms with Crippen LogP contribution in [0.25, 0.3) is 0 Å². The maximum Gasteiger partial charge on any atom is 0.410 e. The zero-order valence-electron chi connectivity index (χ0n) is 13.2. The van der Waals surface area contributed by atoms with Crippen LogP contribution < -0.4 is 10.6 Å². The molecule has 0 unspecified atom stereocenters. The molecule has 2 aliphatic heterocycles. The molecule has 2 bridgehead atoms. The highest BCUT2D eigenvalue weighted by atomic mass is 16.6. The van der Waals surface area contributed by atoms with Crippen molar-refractivity contribution in [1.29, 1.82) is 0 Å². The summed E-state index contributed by atoms with van der Waals surface area (Å²) in [5, 5.41) is 0. The van der Waals surface area contributed by atoms with Gasteiger partial charge in [0.15, 0.2) is 0 Å². The fourth-order valence-corrected chi connectivity index (χ4v) is 3.48. The number of piperazine rings is 1. The first-order chi connectivity index (χ1) is 10.7. The second-order valence-corrected chi connectivity index (χ2v) is 6.26. The number of nitrogens with two attached hydrogens (primary N) is 1. The molecule has 1 amide bonds. The SMILES string of the molecule is CCCCOC(=O)N1[C@@H]2CC[C@H]1CN(c1ccc(N)cc1)C2. The number of hydrogen-bond acceptors (Lipinski definition) is 4. The Labute approximate surface area is 132 Å². The molecule has 5 heteroatoms. The van der Waals surface area contributed by atoms with Crippen LogP contribution in [0.2, 0.25) is 0 Å². The van der Waals surface area contributed by atoms with E-state index < -0.39 is 0 Å². The van der Waals surface area contributed by atoms with E-state index in [2.05, 4.69) is 24.0 Å². The number of nitrogens with zero attached hydrogens (tertiary/aromatic N) is 2. The van der Waals surface area contributed by atoms with Gasteiger partial charge < -0.3 is 15.4 Å². The van der Waals surface area contributed by atoms with Gasteiger partial charge in [0.25, 0.3) is 0 Å². The lowest BCUT2D eigenvalue weighted by atomic mass is 10.1. The molecule has 0 spiro atoms. The van der Waals surface area contributed by atoms with Crippen LogP contribution in [0.3, 0.4) is 0 Å². The molecular weight excluding hydrogens is 278 g/mol. The van der Waals surface area contributed by atoms with Gasteiger partial charge in [-0.15, -0.1) is 0 Å². The number of carbonyl (C=O) groups excluding carboxylic acids is 1. The Morgan fingerprint density at radius 1 is 1.23 bits per heavy atom. The number of hydrogen-bond donors (Lipinski definition) is 1. The van der Waals surface area contributed by atoms with Crippen molar-refractivity contribution < 1.29 is 9.53 Å². The van der Waals surface area contributed by atoms with Crippen LogP contribution in [-0.4, -0.2) is 42.8 Å². The Bertz CT molecular complexity index is 503. The van der Waals surface area contributed by atoms with Crippen molar-refractivity contribution in [3.05, 3.63) is 24.3 Å². The fraction of sp³-hybridized carbons (Fsp3) is 0.588. The highest BCUT2D eigenvalue weighted by Crippen LogP contribution is 2.33. The predicted molar refractivity (Wildman–Crippen MR) is 88.0 cm³/mol. The highest BCUT2D eigenvalue weighted by Gasteiger charge is 2.43. The van der Waals surface area contributed by atoms with E-state index in [-0.39, 0.29) is 18.2 Å². The molecule has 2 atom stereocenters. The zero-order chi connectivity index (χ0) is 15.5. The molecule has 2 heterocycles. The van der Waals surface area contributed by atoms with Gasteiger partial charge in [-0.25, -0.2) is 4.79 Å². The van der Waals surface area contributed by atoms with Gasteiger partial charge >= 0.3 is 6.09 Å². The molecule has 0 radical (unpaired) electrons. The summed E-state index contributed by atoms with van der Waals surface area (Å²) >= 11 is 0. The standard InChI is InChI=1S/C17H25N3O2/c1-2-3-10-22-17(21)20-15-8-9-16(20)12-19(11-15)14-6-4-13(18)5-7-14/h4-7,15-16H,2-3,8-12,18H2,1H3/t15-,16+. The number of unbranched alkanes of at least 4 members (excludes halogenated alkanes) is 1. The zero-order valence-corrected chi connectivity index (χ0v) is 13.2. The minimum Gasteiger partial charge on any atom is -0.449 e. The Hall–Kier alpha value is -1.91. The average molecular weight is 303 g/mol. The smallest absolute Gasteiger partial charge is 0.410 e. The van der Waals surface area contributed by atoms with E-state index in [1.54, 1.807) is 0 Å². The molecule has 2 aliphatic rings. The number of rotatable bonds is 4. The maximum absolute atomic E-state index is 12.3. The summed E-state index contributed by atoms with van der Waals surface area (Å²) in [4.78, 5) is 16.6. The van der Waals surface area contributed by atoms with Crippen LogP contribution in [0.4, 0.5) is 16.2 Å². The Balaban J connectivity index is 1.63. The first-order valence-electron chi connectivity index (χ1n) is 8.24. The molecule has 1 aromatic carbocycles. The summed E-state index contributed by atoms with van der Waals surface area (Å²) in [6.45, 7) is 4.39. The van der Waals surface area contributed by atoms with Crippen LogP contribution >= 0.6 is 0 Å². The molecule has 120 valence electrons. The highest BCUT2D eigenvalue weighted by molar-refractivity contribution is 5.70. The third-order valence-electron chi connectivity index (χ3n) is 4.67. The van der Waals surface area contributed by atoms with E-state index in [1.807, 2.05) is 17.0 Å². The molecule has 1 aromatic rings. The van der Waals surface area contributed by atoms with Gasteiger partial charge in [-0.3, -0.25) is 4.90 Å². The van der Waals surface area contributed by atoms with Crippen molar-refractivity contribution in [1.82, 2.24) is 4.90 Å². The lowest BCUT2D eigenvalue weighted by Gasteiger charge is -2.41. The first kappa shape index (κ1) is 15.0. The molecule has 0 aromatic heterocycles. The van der Waals surface area contributed by atoms with Gasteiger partial charge in [-0.1, -0.05) is 13.3 Å². The van der Waals surface area contributed by atoms with Crippen LogP contribution in [0.1, 0.15) is 32.6 Å². The van der Waals surface area contributed by atoms with Crippen molar-refractivity contribution in [2.45, 2.75) is 44.7 Å². The second-order valence-electron chi connectivity index (χ2n) is 6.26.